The van der Waals surface area contributed by atoms with Gasteiger partial charge in [0.15, 0.2) is 10.3 Å². The van der Waals surface area contributed by atoms with Crippen molar-refractivity contribution in [3.05, 3.63) is 83.3 Å². The minimum Gasteiger partial charge on any atom is -0.457 e. The fourth-order valence-electron chi connectivity index (χ4n) is 2.73. The molecule has 0 saturated carbocycles. The molecule has 29 heavy (non-hydrogen) atoms. The fraction of sp³-hybridized carbons (Fsp3) is 0. The number of anilines is 1. The molecule has 0 radical (unpaired) electrons. The molecule has 0 aliphatic carbocycles. The van der Waals surface area contributed by atoms with Gasteiger partial charge < -0.3 is 9.15 Å². The van der Waals surface area contributed by atoms with Gasteiger partial charge in [0.2, 0.25) is 0 Å². The van der Waals surface area contributed by atoms with Crippen LogP contribution in [0, 0.1) is 0 Å². The van der Waals surface area contributed by atoms with E-state index in [4.69, 9.17) is 33.0 Å². The van der Waals surface area contributed by atoms with Crippen molar-refractivity contribution in [3.8, 4) is 11.5 Å². The summed E-state index contributed by atoms with van der Waals surface area (Å²) in [5, 5.41) is 2.66. The zero-order valence-electron chi connectivity index (χ0n) is 14.8. The van der Waals surface area contributed by atoms with Crippen LogP contribution in [-0.2, 0) is 9.59 Å². The van der Waals surface area contributed by atoms with Crippen LogP contribution in [0.4, 0.5) is 5.69 Å². The van der Waals surface area contributed by atoms with Crippen molar-refractivity contribution in [3.63, 3.8) is 0 Å². The number of hydrogen-bond acceptors (Lipinski definition) is 5. The van der Waals surface area contributed by atoms with Crippen molar-refractivity contribution < 1.29 is 18.7 Å². The Bertz CT molecular complexity index is 1120. The maximum atomic E-state index is 12.9. The number of amides is 2. The van der Waals surface area contributed by atoms with Crippen molar-refractivity contribution >= 4 is 52.5 Å². The second kappa shape index (κ2) is 7.90. The van der Waals surface area contributed by atoms with E-state index < -0.39 is 11.8 Å². The van der Waals surface area contributed by atoms with Crippen molar-refractivity contribution in [2.75, 3.05) is 4.90 Å². The van der Waals surface area contributed by atoms with Crippen LogP contribution >= 0.6 is 23.8 Å². The largest absolute Gasteiger partial charge is 0.457 e. The average Bonchev–Trinajstić information content (AvgIpc) is 3.12. The maximum Gasteiger partial charge on any atom is 0.270 e. The second-order valence-electron chi connectivity index (χ2n) is 6.01. The van der Waals surface area contributed by atoms with Crippen molar-refractivity contribution in [2.24, 2.45) is 0 Å². The number of carbonyl (C=O) groups excluding carboxylic acids is 2. The van der Waals surface area contributed by atoms with Gasteiger partial charge in [-0.15, -0.1) is 0 Å². The quantitative estimate of drug-likeness (QED) is 0.377. The third-order valence-electron chi connectivity index (χ3n) is 4.06. The normalized spacial score (nSPS) is 15.6. The number of rotatable bonds is 4. The zero-order chi connectivity index (χ0) is 20.4. The highest BCUT2D eigenvalue weighted by atomic mass is 35.5. The molecule has 0 bridgehead atoms. The number of thiocarbonyl (C=S) groups is 1. The van der Waals surface area contributed by atoms with Crippen LogP contribution in [-0.4, -0.2) is 16.9 Å². The summed E-state index contributed by atoms with van der Waals surface area (Å²) in [6.45, 7) is 0. The third kappa shape index (κ3) is 4.06. The Kier molecular flexibility index (Phi) is 5.16. The SMILES string of the molecule is O=C1NC(=S)N(c2ccc(Oc3ccccc3)cc2)C(=O)C1=Cc1ccc(Cl)o1. The summed E-state index contributed by atoms with van der Waals surface area (Å²) >= 11 is 10.9. The van der Waals surface area contributed by atoms with Gasteiger partial charge >= 0.3 is 0 Å². The Morgan fingerprint density at radius 1 is 0.966 bits per heavy atom. The van der Waals surface area contributed by atoms with Crippen LogP contribution in [0.25, 0.3) is 6.08 Å². The molecule has 1 N–H and O–H groups in total. The first kappa shape index (κ1) is 18.9. The monoisotopic (exact) mass is 424 g/mol. The Hall–Kier alpha value is -3.42. The molecule has 0 spiro atoms. The van der Waals surface area contributed by atoms with Gasteiger partial charge in [0.25, 0.3) is 11.8 Å². The summed E-state index contributed by atoms with van der Waals surface area (Å²) in [4.78, 5) is 26.4. The minimum atomic E-state index is -0.604. The summed E-state index contributed by atoms with van der Waals surface area (Å²) < 4.78 is 11.0. The molecule has 6 nitrogen and oxygen atoms in total. The lowest BCUT2D eigenvalue weighted by molar-refractivity contribution is -0.122. The molecule has 4 rings (SSSR count). The molecule has 0 atom stereocenters. The number of nitrogens with one attached hydrogen (secondary N) is 1. The Morgan fingerprint density at radius 2 is 1.66 bits per heavy atom. The maximum absolute atomic E-state index is 12.9. The molecule has 8 heteroatoms. The molecule has 1 aliphatic heterocycles. The van der Waals surface area contributed by atoms with Crippen molar-refractivity contribution in [2.45, 2.75) is 0 Å². The van der Waals surface area contributed by atoms with Crippen LogP contribution in [0.3, 0.4) is 0 Å². The number of hydrogen-bond donors (Lipinski definition) is 1. The van der Waals surface area contributed by atoms with Gasteiger partial charge in [0, 0.05) is 0 Å². The zero-order valence-corrected chi connectivity index (χ0v) is 16.4. The number of nitrogens with zero attached hydrogens (tertiary/aromatic N) is 1. The molecular weight excluding hydrogens is 412 g/mol. The van der Waals surface area contributed by atoms with E-state index >= 15 is 0 Å². The molecule has 144 valence electrons. The lowest BCUT2D eigenvalue weighted by atomic mass is 10.1. The Morgan fingerprint density at radius 3 is 2.31 bits per heavy atom. The minimum absolute atomic E-state index is 0.00800. The average molecular weight is 425 g/mol. The highest BCUT2D eigenvalue weighted by Crippen LogP contribution is 2.27. The van der Waals surface area contributed by atoms with Gasteiger partial charge in [-0.1, -0.05) is 18.2 Å². The van der Waals surface area contributed by atoms with Crippen molar-refractivity contribution in [1.82, 2.24) is 5.32 Å². The summed E-state index contributed by atoms with van der Waals surface area (Å²) in [7, 11) is 0. The first-order valence-electron chi connectivity index (χ1n) is 8.51. The van der Waals surface area contributed by atoms with E-state index in [0.29, 0.717) is 17.2 Å². The second-order valence-corrected chi connectivity index (χ2v) is 6.77. The summed E-state index contributed by atoms with van der Waals surface area (Å²) in [5.41, 5.74) is 0.373. The number of ether oxygens (including phenoxy) is 1. The standard InChI is InChI=1S/C21H13ClN2O4S/c22-18-11-10-16(28-18)12-17-19(25)23-21(29)24(20(17)26)13-6-8-15(9-7-13)27-14-4-2-1-3-5-14/h1-12H,(H,23,25,29). The van der Waals surface area contributed by atoms with Gasteiger partial charge in [0.1, 0.15) is 22.8 Å². The predicted octanol–water partition coefficient (Wildman–Crippen LogP) is 4.56. The topological polar surface area (TPSA) is 71.8 Å². The van der Waals surface area contributed by atoms with Crippen LogP contribution in [0.15, 0.2) is 76.7 Å². The van der Waals surface area contributed by atoms with Gasteiger partial charge in [-0.25, -0.2) is 0 Å². The smallest absolute Gasteiger partial charge is 0.270 e. The molecule has 2 amide bonds. The van der Waals surface area contributed by atoms with E-state index in [-0.39, 0.29) is 21.7 Å². The highest BCUT2D eigenvalue weighted by molar-refractivity contribution is 7.80. The Balaban J connectivity index is 1.59. The van der Waals surface area contributed by atoms with Gasteiger partial charge in [0.05, 0.1) is 5.69 Å². The number of furan rings is 1. The van der Waals surface area contributed by atoms with E-state index in [1.165, 1.54) is 17.0 Å². The van der Waals surface area contributed by atoms with Crippen LogP contribution in [0.1, 0.15) is 5.76 Å². The van der Waals surface area contributed by atoms with E-state index in [1.54, 1.807) is 30.3 Å². The van der Waals surface area contributed by atoms with E-state index in [2.05, 4.69) is 5.32 Å². The first-order valence-corrected chi connectivity index (χ1v) is 9.29. The molecule has 0 unspecified atom stereocenters. The van der Waals surface area contributed by atoms with E-state index in [9.17, 15) is 9.59 Å². The van der Waals surface area contributed by atoms with Gasteiger partial charge in [-0.2, -0.15) is 0 Å². The van der Waals surface area contributed by atoms with Crippen LogP contribution in [0.2, 0.25) is 5.22 Å². The molecule has 2 aromatic carbocycles. The fourth-order valence-corrected chi connectivity index (χ4v) is 3.16. The number of benzene rings is 2. The lowest BCUT2D eigenvalue weighted by Gasteiger charge is -2.28. The molecule has 3 aromatic rings. The lowest BCUT2D eigenvalue weighted by Crippen LogP contribution is -2.54. The van der Waals surface area contributed by atoms with Crippen molar-refractivity contribution in [1.29, 1.82) is 0 Å². The summed E-state index contributed by atoms with van der Waals surface area (Å²) in [6.07, 6.45) is 1.32. The van der Waals surface area contributed by atoms with Crippen LogP contribution in [0.5, 0.6) is 11.5 Å². The van der Waals surface area contributed by atoms with Gasteiger partial charge in [-0.05, 0) is 78.4 Å². The summed E-state index contributed by atoms with van der Waals surface area (Å²) in [5.74, 6) is 0.406. The van der Waals surface area contributed by atoms with Crippen LogP contribution < -0.4 is 15.0 Å². The highest BCUT2D eigenvalue weighted by Gasteiger charge is 2.34. The summed E-state index contributed by atoms with van der Waals surface area (Å²) in [6, 6.07) is 19.2. The molecule has 1 aromatic heterocycles. The molecule has 1 fully saturated rings. The number of halogens is 1. The number of para-hydroxylation sites is 1. The molecule has 1 saturated heterocycles. The predicted molar refractivity (Wildman–Crippen MR) is 113 cm³/mol. The molecule has 1 aliphatic rings. The van der Waals surface area contributed by atoms with Gasteiger partial charge in [-0.3, -0.25) is 19.8 Å². The Labute approximate surface area is 176 Å². The van der Waals surface area contributed by atoms with E-state index in [1.807, 2.05) is 30.3 Å². The first-order chi connectivity index (χ1) is 14.0. The molecule has 2 heterocycles. The third-order valence-corrected chi connectivity index (χ3v) is 4.54. The molecular formula is C21H13ClN2O4S. The number of carbonyl (C=O) groups is 2. The van der Waals surface area contributed by atoms with E-state index in [0.717, 1.165) is 0 Å².